The summed E-state index contributed by atoms with van der Waals surface area (Å²) < 4.78 is 25.7. The quantitative estimate of drug-likeness (QED) is 0.914. The van der Waals surface area contributed by atoms with E-state index in [4.69, 9.17) is 5.73 Å². The number of benzene rings is 1. The number of halogens is 2. The van der Waals surface area contributed by atoms with Gasteiger partial charge >= 0.3 is 0 Å². The van der Waals surface area contributed by atoms with Gasteiger partial charge in [0.15, 0.2) is 11.6 Å². The highest BCUT2D eigenvalue weighted by Gasteiger charge is 2.08. The molecule has 2 N–H and O–H groups in total. The molecule has 1 atom stereocenters. The maximum Gasteiger partial charge on any atom is 0.159 e. The first-order chi connectivity index (χ1) is 8.06. The van der Waals surface area contributed by atoms with Gasteiger partial charge in [0.1, 0.15) is 0 Å². The molecule has 5 heteroatoms. The van der Waals surface area contributed by atoms with Gasteiger partial charge in [0.25, 0.3) is 0 Å². The highest BCUT2D eigenvalue weighted by molar-refractivity contribution is 7.09. The molecule has 0 radical (unpaired) electrons. The Bertz CT molecular complexity index is 523. The fourth-order valence-electron chi connectivity index (χ4n) is 1.44. The summed E-state index contributed by atoms with van der Waals surface area (Å²) in [5.74, 6) is -1.66. The molecule has 1 heterocycles. The minimum atomic E-state index is -0.829. The molecule has 0 amide bonds. The maximum atomic E-state index is 13.0. The largest absolute Gasteiger partial charge is 0.323 e. The second kappa shape index (κ2) is 4.89. The molecule has 2 aromatic rings. The van der Waals surface area contributed by atoms with Gasteiger partial charge in [-0.2, -0.15) is 0 Å². The van der Waals surface area contributed by atoms with Crippen LogP contribution < -0.4 is 5.73 Å². The average molecular weight is 254 g/mol. The lowest BCUT2D eigenvalue weighted by Gasteiger charge is -2.00. The summed E-state index contributed by atoms with van der Waals surface area (Å²) in [7, 11) is 0. The van der Waals surface area contributed by atoms with Gasteiger partial charge in [0, 0.05) is 17.8 Å². The molecule has 1 aromatic heterocycles. The zero-order chi connectivity index (χ0) is 12.4. The minimum absolute atomic E-state index is 0.107. The van der Waals surface area contributed by atoms with Gasteiger partial charge in [-0.1, -0.05) is 6.07 Å². The molecular weight excluding hydrogens is 242 g/mol. The van der Waals surface area contributed by atoms with Crippen molar-refractivity contribution in [3.8, 4) is 0 Å². The Labute approximate surface area is 102 Å². The molecule has 0 aliphatic carbocycles. The average Bonchev–Trinajstić information content (AvgIpc) is 2.72. The second-order valence-electron chi connectivity index (χ2n) is 3.88. The van der Waals surface area contributed by atoms with Crippen molar-refractivity contribution in [3.63, 3.8) is 0 Å². The van der Waals surface area contributed by atoms with Crippen LogP contribution in [-0.2, 0) is 6.42 Å². The van der Waals surface area contributed by atoms with Crippen LogP contribution in [0, 0.1) is 11.6 Å². The molecule has 0 saturated heterocycles. The van der Waals surface area contributed by atoms with E-state index in [1.54, 1.807) is 6.07 Å². The summed E-state index contributed by atoms with van der Waals surface area (Å²) in [6.45, 7) is 1.86. The van der Waals surface area contributed by atoms with Gasteiger partial charge in [-0.15, -0.1) is 11.3 Å². The third kappa shape index (κ3) is 2.87. The lowest BCUT2D eigenvalue weighted by atomic mass is 10.1. The summed E-state index contributed by atoms with van der Waals surface area (Å²) in [6, 6.07) is 3.78. The summed E-state index contributed by atoms with van der Waals surface area (Å²) >= 11 is 1.48. The lowest BCUT2D eigenvalue weighted by molar-refractivity contribution is 0.507. The number of nitrogens with two attached hydrogens (primary N) is 1. The van der Waals surface area contributed by atoms with Crippen molar-refractivity contribution < 1.29 is 8.78 Å². The molecule has 0 aliphatic heterocycles. The first kappa shape index (κ1) is 12.1. The van der Waals surface area contributed by atoms with Gasteiger partial charge < -0.3 is 5.73 Å². The van der Waals surface area contributed by atoms with Crippen LogP contribution in [0.25, 0.3) is 0 Å². The monoisotopic (exact) mass is 254 g/mol. The maximum absolute atomic E-state index is 13.0. The van der Waals surface area contributed by atoms with Gasteiger partial charge in [0.05, 0.1) is 10.7 Å². The number of hydrogen-bond donors (Lipinski definition) is 1. The highest BCUT2D eigenvalue weighted by atomic mass is 32.1. The Balaban J connectivity index is 2.16. The molecule has 90 valence electrons. The zero-order valence-electron chi connectivity index (χ0n) is 9.28. The molecule has 0 saturated carbocycles. The number of nitrogens with zero attached hydrogens (tertiary/aromatic N) is 1. The van der Waals surface area contributed by atoms with Gasteiger partial charge in [-0.25, -0.2) is 13.8 Å². The van der Waals surface area contributed by atoms with Crippen molar-refractivity contribution in [2.45, 2.75) is 19.4 Å². The van der Waals surface area contributed by atoms with Crippen molar-refractivity contribution >= 4 is 11.3 Å². The van der Waals surface area contributed by atoms with E-state index >= 15 is 0 Å². The van der Waals surface area contributed by atoms with Gasteiger partial charge in [-0.05, 0) is 24.6 Å². The first-order valence-corrected chi connectivity index (χ1v) is 6.08. The number of hydrogen-bond acceptors (Lipinski definition) is 3. The van der Waals surface area contributed by atoms with Gasteiger partial charge in [-0.3, -0.25) is 0 Å². The van der Waals surface area contributed by atoms with Crippen LogP contribution in [0.1, 0.15) is 29.2 Å². The predicted molar refractivity (Wildman–Crippen MR) is 63.9 cm³/mol. The van der Waals surface area contributed by atoms with Crippen LogP contribution in [-0.4, -0.2) is 4.98 Å². The van der Waals surface area contributed by atoms with Crippen molar-refractivity contribution in [1.29, 1.82) is 0 Å². The summed E-state index contributed by atoms with van der Waals surface area (Å²) in [4.78, 5) is 4.33. The van der Waals surface area contributed by atoms with E-state index < -0.39 is 11.6 Å². The Hall–Kier alpha value is -1.33. The first-order valence-electron chi connectivity index (χ1n) is 5.20. The van der Waals surface area contributed by atoms with E-state index in [0.717, 1.165) is 16.8 Å². The highest BCUT2D eigenvalue weighted by Crippen LogP contribution is 2.19. The molecule has 2 rings (SSSR count). The molecular formula is C12H12F2N2S. The number of aromatic nitrogens is 1. The van der Waals surface area contributed by atoms with Crippen LogP contribution in [0.15, 0.2) is 23.6 Å². The third-order valence-corrected chi connectivity index (χ3v) is 3.24. The Morgan fingerprint density at radius 2 is 2.12 bits per heavy atom. The molecule has 0 fully saturated rings. The van der Waals surface area contributed by atoms with Crippen molar-refractivity contribution in [3.05, 3.63) is 51.5 Å². The second-order valence-corrected chi connectivity index (χ2v) is 4.82. The molecule has 1 aromatic carbocycles. The van der Waals surface area contributed by atoms with Gasteiger partial charge in [0.2, 0.25) is 0 Å². The molecule has 2 nitrogen and oxygen atoms in total. The standard InChI is InChI=1S/C12H12F2N2S/c1-7(15)11-6-17-12(16-11)5-8-2-3-9(13)10(14)4-8/h2-4,6-7H,5,15H2,1H3. The fraction of sp³-hybridized carbons (Fsp3) is 0.250. The Kier molecular flexibility index (Phi) is 3.49. The summed E-state index contributed by atoms with van der Waals surface area (Å²) in [5.41, 5.74) is 7.23. The van der Waals surface area contributed by atoms with Crippen molar-refractivity contribution in [2.75, 3.05) is 0 Å². The fourth-order valence-corrected chi connectivity index (χ4v) is 2.37. The summed E-state index contributed by atoms with van der Waals surface area (Å²) in [6.07, 6.45) is 0.495. The molecule has 0 aliphatic rings. The van der Waals surface area contributed by atoms with Crippen LogP contribution in [0.3, 0.4) is 0 Å². The molecule has 0 bridgehead atoms. The predicted octanol–water partition coefficient (Wildman–Crippen LogP) is 3.03. The van der Waals surface area contributed by atoms with E-state index in [2.05, 4.69) is 4.98 Å². The molecule has 0 spiro atoms. The summed E-state index contributed by atoms with van der Waals surface area (Å²) in [5, 5.41) is 2.74. The van der Waals surface area contributed by atoms with Crippen molar-refractivity contribution in [1.82, 2.24) is 4.98 Å². The molecule has 1 unspecified atom stereocenters. The van der Waals surface area contributed by atoms with E-state index in [9.17, 15) is 8.78 Å². The minimum Gasteiger partial charge on any atom is -0.323 e. The Morgan fingerprint density at radius 1 is 1.35 bits per heavy atom. The van der Waals surface area contributed by atoms with Crippen LogP contribution >= 0.6 is 11.3 Å². The zero-order valence-corrected chi connectivity index (χ0v) is 10.1. The van der Waals surface area contributed by atoms with E-state index in [1.807, 2.05) is 12.3 Å². The Morgan fingerprint density at radius 3 is 2.71 bits per heavy atom. The number of rotatable bonds is 3. The lowest BCUT2D eigenvalue weighted by Crippen LogP contribution is -2.05. The van der Waals surface area contributed by atoms with E-state index in [1.165, 1.54) is 17.4 Å². The van der Waals surface area contributed by atoms with Crippen molar-refractivity contribution in [2.24, 2.45) is 5.73 Å². The normalized spacial score (nSPS) is 12.7. The SMILES string of the molecule is CC(N)c1csc(Cc2ccc(F)c(F)c2)n1. The molecule has 17 heavy (non-hydrogen) atoms. The van der Waals surface area contributed by atoms with E-state index in [0.29, 0.717) is 12.0 Å². The topological polar surface area (TPSA) is 38.9 Å². The smallest absolute Gasteiger partial charge is 0.159 e. The third-order valence-electron chi connectivity index (χ3n) is 2.38. The van der Waals surface area contributed by atoms with Crippen LogP contribution in [0.2, 0.25) is 0 Å². The van der Waals surface area contributed by atoms with Crippen LogP contribution in [0.5, 0.6) is 0 Å². The number of thiazole rings is 1. The van der Waals surface area contributed by atoms with E-state index in [-0.39, 0.29) is 6.04 Å². The van der Waals surface area contributed by atoms with Crippen LogP contribution in [0.4, 0.5) is 8.78 Å².